The minimum Gasteiger partial charge on any atom is -0.369 e. The molecule has 1 aromatic carbocycles. The standard InChI is InChI=1S/C21H25FN6O3/c1-25-19-17(20(30)26(2)21(25)31)28(11-13-3-5-15(22)6-4-13)16(24-19)12-27-9-7-14(8-10-27)18(23)29/h3-6,14H,7-12H2,1-2H3,(H2,23,29). The molecule has 31 heavy (non-hydrogen) atoms. The number of nitrogens with two attached hydrogens (primary N) is 1. The molecule has 1 fully saturated rings. The van der Waals surface area contributed by atoms with Crippen LogP contribution in [0.15, 0.2) is 33.9 Å². The summed E-state index contributed by atoms with van der Waals surface area (Å²) in [5.74, 6) is -0.102. The summed E-state index contributed by atoms with van der Waals surface area (Å²) in [6.45, 7) is 2.14. The number of amides is 1. The third-order valence-corrected chi connectivity index (χ3v) is 6.04. The van der Waals surface area contributed by atoms with Crippen LogP contribution in [0.5, 0.6) is 0 Å². The summed E-state index contributed by atoms with van der Waals surface area (Å²) >= 11 is 0. The summed E-state index contributed by atoms with van der Waals surface area (Å²) in [7, 11) is 3.02. The molecule has 1 aliphatic rings. The highest BCUT2D eigenvalue weighted by Gasteiger charge is 2.26. The number of carbonyl (C=O) groups excluding carboxylic acids is 1. The number of nitrogens with zero attached hydrogens (tertiary/aromatic N) is 5. The second kappa shape index (κ2) is 8.10. The number of hydrogen-bond donors (Lipinski definition) is 1. The number of aryl methyl sites for hydroxylation is 1. The van der Waals surface area contributed by atoms with E-state index in [4.69, 9.17) is 5.73 Å². The lowest BCUT2D eigenvalue weighted by Crippen LogP contribution is -2.38. The highest BCUT2D eigenvalue weighted by molar-refractivity contribution is 5.76. The number of likely N-dealkylation sites (tertiary alicyclic amines) is 1. The Morgan fingerprint density at radius 3 is 2.35 bits per heavy atom. The van der Waals surface area contributed by atoms with E-state index in [-0.39, 0.29) is 17.6 Å². The Morgan fingerprint density at radius 1 is 1.10 bits per heavy atom. The van der Waals surface area contributed by atoms with E-state index >= 15 is 0 Å². The largest absolute Gasteiger partial charge is 0.369 e. The van der Waals surface area contributed by atoms with Crippen molar-refractivity contribution < 1.29 is 9.18 Å². The van der Waals surface area contributed by atoms with E-state index in [1.807, 2.05) is 0 Å². The van der Waals surface area contributed by atoms with Crippen LogP contribution in [0.3, 0.4) is 0 Å². The van der Waals surface area contributed by atoms with Crippen molar-refractivity contribution in [3.63, 3.8) is 0 Å². The number of aromatic nitrogens is 4. The molecule has 1 aliphatic heterocycles. The van der Waals surface area contributed by atoms with Crippen LogP contribution in [0.4, 0.5) is 4.39 Å². The molecule has 0 atom stereocenters. The van der Waals surface area contributed by atoms with E-state index in [2.05, 4.69) is 9.88 Å². The van der Waals surface area contributed by atoms with Crippen molar-refractivity contribution in [1.82, 2.24) is 23.6 Å². The van der Waals surface area contributed by atoms with Crippen LogP contribution in [-0.2, 0) is 32.0 Å². The Morgan fingerprint density at radius 2 is 1.74 bits per heavy atom. The van der Waals surface area contributed by atoms with Crippen molar-refractivity contribution in [2.45, 2.75) is 25.9 Å². The molecule has 0 radical (unpaired) electrons. The zero-order valence-corrected chi connectivity index (χ0v) is 17.5. The number of piperidine rings is 1. The fraction of sp³-hybridized carbons (Fsp3) is 0.429. The first-order valence-electron chi connectivity index (χ1n) is 10.2. The first-order chi connectivity index (χ1) is 14.8. The summed E-state index contributed by atoms with van der Waals surface area (Å²) in [5.41, 5.74) is 6.01. The first-order valence-corrected chi connectivity index (χ1v) is 10.2. The van der Waals surface area contributed by atoms with Crippen molar-refractivity contribution in [2.75, 3.05) is 13.1 Å². The predicted octanol–water partition coefficient (Wildman–Crippen LogP) is 0.318. The summed E-state index contributed by atoms with van der Waals surface area (Å²) in [4.78, 5) is 43.6. The molecule has 0 aliphatic carbocycles. The Kier molecular flexibility index (Phi) is 5.48. The summed E-state index contributed by atoms with van der Waals surface area (Å²) < 4.78 is 17.6. The molecule has 9 nitrogen and oxygen atoms in total. The monoisotopic (exact) mass is 428 g/mol. The van der Waals surface area contributed by atoms with Gasteiger partial charge in [-0.15, -0.1) is 0 Å². The number of carbonyl (C=O) groups is 1. The van der Waals surface area contributed by atoms with Gasteiger partial charge < -0.3 is 10.3 Å². The minimum atomic E-state index is -0.447. The van der Waals surface area contributed by atoms with Gasteiger partial charge in [0.05, 0.1) is 6.54 Å². The Hall–Kier alpha value is -3.27. The van der Waals surface area contributed by atoms with Crippen molar-refractivity contribution in [1.29, 1.82) is 0 Å². The number of benzene rings is 1. The third-order valence-electron chi connectivity index (χ3n) is 6.04. The van der Waals surface area contributed by atoms with E-state index in [0.717, 1.165) is 10.1 Å². The van der Waals surface area contributed by atoms with Crippen molar-refractivity contribution in [3.05, 3.63) is 62.3 Å². The Bertz CT molecular complexity index is 1250. The van der Waals surface area contributed by atoms with Crippen LogP contribution < -0.4 is 17.0 Å². The van der Waals surface area contributed by atoms with Gasteiger partial charge in [-0.05, 0) is 43.6 Å². The maximum absolute atomic E-state index is 13.4. The van der Waals surface area contributed by atoms with Gasteiger partial charge in [-0.2, -0.15) is 0 Å². The van der Waals surface area contributed by atoms with Crippen molar-refractivity contribution >= 4 is 17.1 Å². The van der Waals surface area contributed by atoms with Crippen LogP contribution >= 0.6 is 0 Å². The number of fused-ring (bicyclic) bond motifs is 1. The molecular weight excluding hydrogens is 403 g/mol. The van der Waals surface area contributed by atoms with Gasteiger partial charge in [0.2, 0.25) is 5.91 Å². The maximum atomic E-state index is 13.4. The van der Waals surface area contributed by atoms with Crippen LogP contribution in [0.25, 0.3) is 11.2 Å². The van der Waals surface area contributed by atoms with E-state index in [1.54, 1.807) is 23.7 Å². The molecule has 10 heteroatoms. The van der Waals surface area contributed by atoms with E-state index in [1.165, 1.54) is 23.7 Å². The van der Waals surface area contributed by atoms with Crippen LogP contribution in [-0.4, -0.2) is 42.6 Å². The predicted molar refractivity (Wildman–Crippen MR) is 113 cm³/mol. The molecule has 3 heterocycles. The SMILES string of the molecule is Cn1c(=O)c2c(nc(CN3CCC(C(N)=O)CC3)n2Cc2ccc(F)cc2)n(C)c1=O. The lowest BCUT2D eigenvalue weighted by atomic mass is 9.96. The molecule has 0 saturated carbocycles. The minimum absolute atomic E-state index is 0.123. The van der Waals surface area contributed by atoms with Crippen molar-refractivity contribution in [2.24, 2.45) is 25.7 Å². The number of rotatable bonds is 5. The molecule has 4 rings (SSSR count). The summed E-state index contributed by atoms with van der Waals surface area (Å²) in [6, 6.07) is 6.07. The molecule has 1 saturated heterocycles. The smallest absolute Gasteiger partial charge is 0.332 e. The highest BCUT2D eigenvalue weighted by Crippen LogP contribution is 2.21. The van der Waals surface area contributed by atoms with Gasteiger partial charge in [-0.1, -0.05) is 12.1 Å². The summed E-state index contributed by atoms with van der Waals surface area (Å²) in [6.07, 6.45) is 1.35. The average Bonchev–Trinajstić information content (AvgIpc) is 3.10. The maximum Gasteiger partial charge on any atom is 0.332 e. The number of primary amides is 1. The second-order valence-electron chi connectivity index (χ2n) is 8.07. The van der Waals surface area contributed by atoms with Gasteiger partial charge in [-0.25, -0.2) is 14.2 Å². The zero-order chi connectivity index (χ0) is 22.3. The Balaban J connectivity index is 1.76. The molecule has 2 N–H and O–H groups in total. The van der Waals surface area contributed by atoms with Crippen LogP contribution in [0, 0.1) is 11.7 Å². The van der Waals surface area contributed by atoms with Crippen LogP contribution in [0.1, 0.15) is 24.2 Å². The average molecular weight is 428 g/mol. The van der Waals surface area contributed by atoms with E-state index in [9.17, 15) is 18.8 Å². The van der Waals surface area contributed by atoms with Gasteiger partial charge in [0.25, 0.3) is 5.56 Å². The van der Waals surface area contributed by atoms with Gasteiger partial charge in [0, 0.05) is 26.6 Å². The first kappa shape index (κ1) is 21.0. The number of halogens is 1. The summed E-state index contributed by atoms with van der Waals surface area (Å²) in [5, 5.41) is 0. The zero-order valence-electron chi connectivity index (χ0n) is 17.5. The molecule has 164 valence electrons. The van der Waals surface area contributed by atoms with Gasteiger partial charge >= 0.3 is 5.69 Å². The molecule has 2 aromatic heterocycles. The van der Waals surface area contributed by atoms with Crippen LogP contribution in [0.2, 0.25) is 0 Å². The lowest BCUT2D eigenvalue weighted by molar-refractivity contribution is -0.123. The van der Waals surface area contributed by atoms with Gasteiger partial charge in [0.1, 0.15) is 11.6 Å². The molecule has 3 aromatic rings. The fourth-order valence-corrected chi connectivity index (χ4v) is 4.13. The molecule has 0 spiro atoms. The topological polar surface area (TPSA) is 108 Å². The fourth-order valence-electron chi connectivity index (χ4n) is 4.13. The Labute approximate surface area is 177 Å². The molecule has 0 bridgehead atoms. The quantitative estimate of drug-likeness (QED) is 0.630. The van der Waals surface area contributed by atoms with E-state index in [0.29, 0.717) is 56.0 Å². The second-order valence-corrected chi connectivity index (χ2v) is 8.07. The lowest BCUT2D eigenvalue weighted by Gasteiger charge is -2.30. The number of imidazole rings is 1. The normalized spacial score (nSPS) is 15.6. The number of hydrogen-bond acceptors (Lipinski definition) is 5. The molecule has 1 amide bonds. The van der Waals surface area contributed by atoms with E-state index < -0.39 is 11.2 Å². The molecular formula is C21H25FN6O3. The highest BCUT2D eigenvalue weighted by atomic mass is 19.1. The van der Waals surface area contributed by atoms with Crippen molar-refractivity contribution in [3.8, 4) is 0 Å². The van der Waals surface area contributed by atoms with Gasteiger partial charge in [0.15, 0.2) is 11.2 Å². The van der Waals surface area contributed by atoms with Gasteiger partial charge in [-0.3, -0.25) is 23.6 Å². The molecule has 0 unspecified atom stereocenters. The third kappa shape index (κ3) is 3.90.